The van der Waals surface area contributed by atoms with Gasteiger partial charge in [0.15, 0.2) is 6.10 Å². The van der Waals surface area contributed by atoms with Crippen LogP contribution in [0.3, 0.4) is 0 Å². The lowest BCUT2D eigenvalue weighted by atomic mass is 10.0. The number of esters is 3. The first-order valence-electron chi connectivity index (χ1n) is 36.0. The monoisotopic (exact) mass is 1100 g/mol. The highest BCUT2D eigenvalue weighted by atomic mass is 16.6. The van der Waals surface area contributed by atoms with Crippen LogP contribution in [0, 0.1) is 0 Å². The third kappa shape index (κ3) is 65.2. The highest BCUT2D eigenvalue weighted by Gasteiger charge is 2.20. The summed E-state index contributed by atoms with van der Waals surface area (Å²) >= 11 is 0. The molecule has 0 aliphatic carbocycles. The van der Waals surface area contributed by atoms with Crippen LogP contribution in [0.25, 0.3) is 0 Å². The van der Waals surface area contributed by atoms with Crippen LogP contribution in [-0.2, 0) is 28.6 Å². The van der Waals surface area contributed by atoms with E-state index in [1.165, 1.54) is 327 Å². The second-order valence-corrected chi connectivity index (χ2v) is 24.9. The van der Waals surface area contributed by atoms with Gasteiger partial charge in [0.25, 0.3) is 0 Å². The summed E-state index contributed by atoms with van der Waals surface area (Å²) in [5, 5.41) is 0. The van der Waals surface area contributed by atoms with Crippen molar-refractivity contribution in [3.63, 3.8) is 0 Å². The van der Waals surface area contributed by atoms with Crippen molar-refractivity contribution in [2.24, 2.45) is 0 Å². The molecule has 0 fully saturated rings. The van der Waals surface area contributed by atoms with E-state index in [9.17, 15) is 14.4 Å². The number of hydrogen-bond donors (Lipinski definition) is 0. The lowest BCUT2D eigenvalue weighted by molar-refractivity contribution is -0.167. The molecule has 1 unspecified atom stereocenters. The van der Waals surface area contributed by atoms with Gasteiger partial charge in [-0.3, -0.25) is 14.4 Å². The normalized spacial score (nSPS) is 11.9. The van der Waals surface area contributed by atoms with Gasteiger partial charge in [-0.05, 0) is 19.3 Å². The van der Waals surface area contributed by atoms with Crippen LogP contribution >= 0.6 is 0 Å². The molecule has 0 aliphatic rings. The van der Waals surface area contributed by atoms with E-state index in [4.69, 9.17) is 14.2 Å². The van der Waals surface area contributed by atoms with Crippen LogP contribution in [0.15, 0.2) is 0 Å². The first-order chi connectivity index (χ1) is 38.5. The number of ether oxygens (including phenoxy) is 3. The molecule has 0 saturated heterocycles. The molecule has 0 N–H and O–H groups in total. The molecule has 78 heavy (non-hydrogen) atoms. The van der Waals surface area contributed by atoms with Crippen LogP contribution in [0.2, 0.25) is 0 Å². The molecule has 0 heterocycles. The average molecular weight is 1100 g/mol. The van der Waals surface area contributed by atoms with Crippen LogP contribution in [0.1, 0.15) is 425 Å². The maximum atomic E-state index is 12.9. The summed E-state index contributed by atoms with van der Waals surface area (Å²) < 4.78 is 16.9. The van der Waals surface area contributed by atoms with E-state index in [1.54, 1.807) is 0 Å². The van der Waals surface area contributed by atoms with Crippen molar-refractivity contribution in [2.45, 2.75) is 431 Å². The van der Waals surface area contributed by atoms with Crippen molar-refractivity contribution >= 4 is 17.9 Å². The van der Waals surface area contributed by atoms with Gasteiger partial charge in [-0.25, -0.2) is 0 Å². The summed E-state index contributed by atoms with van der Waals surface area (Å²) in [5.41, 5.74) is 0. The second kappa shape index (κ2) is 67.9. The quantitative estimate of drug-likeness (QED) is 0.0343. The Hall–Kier alpha value is -1.59. The van der Waals surface area contributed by atoms with Crippen molar-refractivity contribution < 1.29 is 28.6 Å². The minimum atomic E-state index is -0.762. The van der Waals surface area contributed by atoms with Gasteiger partial charge in [0, 0.05) is 19.3 Å². The minimum absolute atomic E-state index is 0.0612. The highest BCUT2D eigenvalue weighted by Crippen LogP contribution is 2.20. The Kier molecular flexibility index (Phi) is 66.5. The molecular formula is C72H140O6. The smallest absolute Gasteiger partial charge is 0.306 e. The fraction of sp³-hybridized carbons (Fsp3) is 0.958. The van der Waals surface area contributed by atoms with Gasteiger partial charge in [-0.15, -0.1) is 0 Å². The number of carbonyl (C=O) groups is 3. The zero-order valence-corrected chi connectivity index (χ0v) is 53.5. The number of unbranched alkanes of at least 4 members (excludes halogenated alkanes) is 57. The fourth-order valence-corrected chi connectivity index (χ4v) is 11.5. The first kappa shape index (κ1) is 76.4. The lowest BCUT2D eigenvalue weighted by Gasteiger charge is -2.18. The van der Waals surface area contributed by atoms with Gasteiger partial charge < -0.3 is 14.2 Å². The molecule has 0 saturated carbocycles. The van der Waals surface area contributed by atoms with E-state index in [0.29, 0.717) is 19.3 Å². The van der Waals surface area contributed by atoms with Crippen molar-refractivity contribution in [1.82, 2.24) is 0 Å². The van der Waals surface area contributed by atoms with Gasteiger partial charge in [0.2, 0.25) is 0 Å². The molecule has 0 spiro atoms. The maximum absolute atomic E-state index is 12.9. The molecule has 0 aliphatic heterocycles. The van der Waals surface area contributed by atoms with Crippen molar-refractivity contribution in [2.75, 3.05) is 13.2 Å². The topological polar surface area (TPSA) is 78.9 Å². The van der Waals surface area contributed by atoms with E-state index in [1.807, 2.05) is 0 Å². The van der Waals surface area contributed by atoms with Crippen molar-refractivity contribution in [3.05, 3.63) is 0 Å². The number of rotatable bonds is 68. The average Bonchev–Trinajstić information content (AvgIpc) is 3.44. The Labute approximate surface area is 488 Å². The molecule has 6 nitrogen and oxygen atoms in total. The van der Waals surface area contributed by atoms with Crippen LogP contribution in [0.5, 0.6) is 0 Å². The third-order valence-corrected chi connectivity index (χ3v) is 16.9. The predicted molar refractivity (Wildman–Crippen MR) is 340 cm³/mol. The second-order valence-electron chi connectivity index (χ2n) is 24.9. The van der Waals surface area contributed by atoms with Gasteiger partial charge in [-0.2, -0.15) is 0 Å². The fourth-order valence-electron chi connectivity index (χ4n) is 11.5. The zero-order valence-electron chi connectivity index (χ0n) is 53.5. The molecule has 0 aromatic carbocycles. The van der Waals surface area contributed by atoms with Gasteiger partial charge in [0.05, 0.1) is 0 Å². The van der Waals surface area contributed by atoms with Crippen LogP contribution < -0.4 is 0 Å². The minimum Gasteiger partial charge on any atom is -0.462 e. The molecule has 464 valence electrons. The SMILES string of the molecule is CCCCCCCCCCCCCCCCCCCCCCCCCCCCCCCC(=O)OCC(COC(=O)CCCCCCCCC)OC(=O)CCCCCCCCCCCCCCCCCCCCCCCCCC. The standard InChI is InChI=1S/C72H140O6/c1-4-7-10-13-16-18-20-22-24-26-28-30-32-34-35-36-37-38-40-41-43-45-47-49-51-53-56-59-62-65-71(74)77-68-69(67-76-70(73)64-61-58-55-15-12-9-6-3)78-72(75)66-63-60-57-54-52-50-48-46-44-42-39-33-31-29-27-25-23-21-19-17-14-11-8-5-2/h69H,4-68H2,1-3H3. The summed E-state index contributed by atoms with van der Waals surface area (Å²) in [7, 11) is 0. The molecule has 0 radical (unpaired) electrons. The van der Waals surface area contributed by atoms with E-state index in [2.05, 4.69) is 20.8 Å². The molecule has 6 heteroatoms. The van der Waals surface area contributed by atoms with E-state index in [0.717, 1.165) is 57.8 Å². The molecule has 0 amide bonds. The van der Waals surface area contributed by atoms with Crippen LogP contribution in [-0.4, -0.2) is 37.2 Å². The molecule has 0 bridgehead atoms. The van der Waals surface area contributed by atoms with E-state index >= 15 is 0 Å². The summed E-state index contributed by atoms with van der Waals surface area (Å²) in [5.74, 6) is -0.832. The highest BCUT2D eigenvalue weighted by molar-refractivity contribution is 5.71. The molecule has 0 rings (SSSR count). The number of hydrogen-bond acceptors (Lipinski definition) is 6. The maximum Gasteiger partial charge on any atom is 0.306 e. The molecule has 0 aromatic rings. The molecular weight excluding hydrogens is 961 g/mol. The van der Waals surface area contributed by atoms with Crippen molar-refractivity contribution in [3.8, 4) is 0 Å². The Morgan fingerprint density at radius 3 is 0.513 bits per heavy atom. The summed E-state index contributed by atoms with van der Waals surface area (Å²) in [6.07, 6.45) is 80.4. The zero-order chi connectivity index (χ0) is 56.4. The largest absolute Gasteiger partial charge is 0.462 e. The summed E-state index contributed by atoms with van der Waals surface area (Å²) in [6.45, 7) is 6.70. The summed E-state index contributed by atoms with van der Waals surface area (Å²) in [6, 6.07) is 0. The Balaban J connectivity index is 3.97. The first-order valence-corrected chi connectivity index (χ1v) is 36.0. The van der Waals surface area contributed by atoms with Crippen molar-refractivity contribution in [1.29, 1.82) is 0 Å². The van der Waals surface area contributed by atoms with Gasteiger partial charge in [0.1, 0.15) is 13.2 Å². The Bertz CT molecular complexity index is 1170. The van der Waals surface area contributed by atoms with E-state index in [-0.39, 0.29) is 31.1 Å². The molecule has 0 aromatic heterocycles. The van der Waals surface area contributed by atoms with Gasteiger partial charge >= 0.3 is 17.9 Å². The van der Waals surface area contributed by atoms with Gasteiger partial charge in [-0.1, -0.05) is 387 Å². The third-order valence-electron chi connectivity index (χ3n) is 16.9. The summed E-state index contributed by atoms with van der Waals surface area (Å²) in [4.78, 5) is 38.2. The number of carbonyl (C=O) groups excluding carboxylic acids is 3. The molecule has 1 atom stereocenters. The lowest BCUT2D eigenvalue weighted by Crippen LogP contribution is -2.30. The van der Waals surface area contributed by atoms with Crippen LogP contribution in [0.4, 0.5) is 0 Å². The Morgan fingerprint density at radius 2 is 0.346 bits per heavy atom. The predicted octanol–water partition coefficient (Wildman–Crippen LogP) is 24.6. The van der Waals surface area contributed by atoms with E-state index < -0.39 is 6.10 Å². The Morgan fingerprint density at radius 1 is 0.205 bits per heavy atom.